The summed E-state index contributed by atoms with van der Waals surface area (Å²) in [6.07, 6.45) is 3.55. The van der Waals surface area contributed by atoms with Crippen molar-refractivity contribution in [1.29, 1.82) is 0 Å². The summed E-state index contributed by atoms with van der Waals surface area (Å²) in [7, 11) is 0. The Labute approximate surface area is 118 Å². The monoisotopic (exact) mass is 275 g/mol. The maximum Gasteiger partial charge on any atom is 0.244 e. The third-order valence-corrected chi connectivity index (χ3v) is 3.37. The minimum absolute atomic E-state index is 0.0416. The molecule has 2 aromatic heterocycles. The van der Waals surface area contributed by atoms with E-state index in [0.717, 1.165) is 23.6 Å². The molecule has 0 aliphatic carbocycles. The van der Waals surface area contributed by atoms with E-state index in [0.29, 0.717) is 6.54 Å². The third-order valence-electron chi connectivity index (χ3n) is 3.37. The van der Waals surface area contributed by atoms with Crippen LogP contribution in [0.4, 0.5) is 0 Å². The van der Waals surface area contributed by atoms with Crippen LogP contribution in [-0.4, -0.2) is 25.2 Å². The molecule has 0 saturated carbocycles. The number of imidazole rings is 1. The molecule has 2 aromatic rings. The fraction of sp³-hybridized carbons (Fsp3) is 0.500. The standard InChI is InChI=1S/C14H21N5O/c1-5-18-9-15-7-13(18)8-16-14(20)12(4)19-11(3)6-10(2)17-19/h6-7,9,12H,5,8H2,1-4H3,(H,16,20)/t12-/m1/s1. The number of rotatable bonds is 5. The topological polar surface area (TPSA) is 64.7 Å². The van der Waals surface area contributed by atoms with Gasteiger partial charge >= 0.3 is 0 Å². The summed E-state index contributed by atoms with van der Waals surface area (Å²) >= 11 is 0. The van der Waals surface area contributed by atoms with Gasteiger partial charge in [-0.2, -0.15) is 5.10 Å². The number of nitrogens with one attached hydrogen (secondary N) is 1. The highest BCUT2D eigenvalue weighted by atomic mass is 16.2. The highest BCUT2D eigenvalue weighted by Crippen LogP contribution is 2.11. The summed E-state index contributed by atoms with van der Waals surface area (Å²) in [5.41, 5.74) is 2.91. The SMILES string of the molecule is CCn1cncc1CNC(=O)[C@@H](C)n1nc(C)cc1C. The van der Waals surface area contributed by atoms with Crippen molar-refractivity contribution in [2.45, 2.75) is 46.8 Å². The highest BCUT2D eigenvalue weighted by Gasteiger charge is 2.17. The van der Waals surface area contributed by atoms with Crippen LogP contribution in [0.1, 0.15) is 37.0 Å². The average Bonchev–Trinajstić information content (AvgIpc) is 3.00. The molecule has 0 fully saturated rings. The molecule has 1 amide bonds. The van der Waals surface area contributed by atoms with Gasteiger partial charge < -0.3 is 9.88 Å². The normalized spacial score (nSPS) is 12.4. The summed E-state index contributed by atoms with van der Waals surface area (Å²) in [5.74, 6) is -0.0416. The van der Waals surface area contributed by atoms with Crippen LogP contribution >= 0.6 is 0 Å². The predicted octanol–water partition coefficient (Wildman–Crippen LogP) is 1.59. The maximum atomic E-state index is 12.2. The summed E-state index contributed by atoms with van der Waals surface area (Å²) in [6.45, 7) is 9.11. The Kier molecular flexibility index (Phi) is 4.22. The molecule has 0 radical (unpaired) electrons. The number of carbonyl (C=O) groups excluding carboxylic acids is 1. The van der Waals surface area contributed by atoms with Crippen molar-refractivity contribution < 1.29 is 4.79 Å². The minimum atomic E-state index is -0.318. The molecule has 1 atom stereocenters. The predicted molar refractivity (Wildman–Crippen MR) is 76.2 cm³/mol. The van der Waals surface area contributed by atoms with Crippen LogP contribution in [0.25, 0.3) is 0 Å². The Balaban J connectivity index is 2.00. The Hall–Kier alpha value is -2.11. The van der Waals surface area contributed by atoms with Crippen molar-refractivity contribution in [3.63, 3.8) is 0 Å². The van der Waals surface area contributed by atoms with Crippen molar-refractivity contribution >= 4 is 5.91 Å². The van der Waals surface area contributed by atoms with E-state index in [2.05, 4.69) is 15.4 Å². The van der Waals surface area contributed by atoms with Crippen LogP contribution in [0.2, 0.25) is 0 Å². The van der Waals surface area contributed by atoms with Crippen molar-refractivity contribution in [1.82, 2.24) is 24.6 Å². The molecule has 108 valence electrons. The second-order valence-electron chi connectivity index (χ2n) is 4.94. The van der Waals surface area contributed by atoms with E-state index < -0.39 is 0 Å². The lowest BCUT2D eigenvalue weighted by molar-refractivity contribution is -0.124. The van der Waals surface area contributed by atoms with E-state index >= 15 is 0 Å². The Morgan fingerprint density at radius 1 is 1.45 bits per heavy atom. The first kappa shape index (κ1) is 14.3. The van der Waals surface area contributed by atoms with Gasteiger partial charge in [-0.25, -0.2) is 4.98 Å². The van der Waals surface area contributed by atoms with Gasteiger partial charge in [0.25, 0.3) is 0 Å². The summed E-state index contributed by atoms with van der Waals surface area (Å²) in [4.78, 5) is 16.3. The lowest BCUT2D eigenvalue weighted by Gasteiger charge is -2.14. The Morgan fingerprint density at radius 3 is 2.80 bits per heavy atom. The van der Waals surface area contributed by atoms with Crippen LogP contribution in [0, 0.1) is 13.8 Å². The van der Waals surface area contributed by atoms with Gasteiger partial charge in [-0.1, -0.05) is 0 Å². The van der Waals surface area contributed by atoms with E-state index in [9.17, 15) is 4.79 Å². The average molecular weight is 275 g/mol. The smallest absolute Gasteiger partial charge is 0.244 e. The van der Waals surface area contributed by atoms with E-state index in [-0.39, 0.29) is 11.9 Å². The molecule has 0 aromatic carbocycles. The number of nitrogens with zero attached hydrogens (tertiary/aromatic N) is 4. The van der Waals surface area contributed by atoms with Crippen LogP contribution in [-0.2, 0) is 17.9 Å². The number of hydrogen-bond donors (Lipinski definition) is 1. The van der Waals surface area contributed by atoms with Crippen LogP contribution in [0.15, 0.2) is 18.6 Å². The molecule has 0 saturated heterocycles. The molecule has 20 heavy (non-hydrogen) atoms. The molecule has 0 unspecified atom stereocenters. The lowest BCUT2D eigenvalue weighted by Crippen LogP contribution is -2.32. The van der Waals surface area contributed by atoms with Gasteiger partial charge in [0, 0.05) is 18.4 Å². The molecule has 6 heteroatoms. The van der Waals surface area contributed by atoms with Gasteiger partial charge in [-0.15, -0.1) is 0 Å². The largest absolute Gasteiger partial charge is 0.349 e. The second-order valence-corrected chi connectivity index (χ2v) is 4.94. The van der Waals surface area contributed by atoms with Gasteiger partial charge in [0.1, 0.15) is 6.04 Å². The molecule has 0 bridgehead atoms. The van der Waals surface area contributed by atoms with Gasteiger partial charge in [0.2, 0.25) is 5.91 Å². The fourth-order valence-electron chi connectivity index (χ4n) is 2.25. The lowest BCUT2D eigenvalue weighted by atomic mass is 10.3. The van der Waals surface area contributed by atoms with E-state index in [4.69, 9.17) is 0 Å². The number of hydrogen-bond acceptors (Lipinski definition) is 3. The number of aryl methyl sites for hydroxylation is 3. The zero-order chi connectivity index (χ0) is 14.7. The van der Waals surface area contributed by atoms with Crippen LogP contribution in [0.5, 0.6) is 0 Å². The Bertz CT molecular complexity index is 598. The summed E-state index contributed by atoms with van der Waals surface area (Å²) < 4.78 is 3.76. The molecular formula is C14H21N5O. The van der Waals surface area contributed by atoms with Crippen LogP contribution < -0.4 is 5.32 Å². The second kappa shape index (κ2) is 5.90. The quantitative estimate of drug-likeness (QED) is 0.901. The molecule has 1 N–H and O–H groups in total. The molecule has 0 spiro atoms. The first-order valence-corrected chi connectivity index (χ1v) is 6.82. The minimum Gasteiger partial charge on any atom is -0.349 e. The number of amides is 1. The Morgan fingerprint density at radius 2 is 2.20 bits per heavy atom. The number of carbonyl (C=O) groups is 1. The van der Waals surface area contributed by atoms with E-state index in [1.54, 1.807) is 17.2 Å². The maximum absolute atomic E-state index is 12.2. The van der Waals surface area contributed by atoms with Crippen molar-refractivity contribution in [2.75, 3.05) is 0 Å². The van der Waals surface area contributed by atoms with Crippen LogP contribution in [0.3, 0.4) is 0 Å². The third kappa shape index (κ3) is 2.89. The molecule has 6 nitrogen and oxygen atoms in total. The van der Waals surface area contributed by atoms with Gasteiger partial charge in [0.15, 0.2) is 0 Å². The van der Waals surface area contributed by atoms with E-state index in [1.165, 1.54) is 0 Å². The first-order valence-electron chi connectivity index (χ1n) is 6.82. The number of aromatic nitrogens is 4. The molecular weight excluding hydrogens is 254 g/mol. The van der Waals surface area contributed by atoms with Crippen molar-refractivity contribution in [3.05, 3.63) is 35.7 Å². The summed E-state index contributed by atoms with van der Waals surface area (Å²) in [6, 6.07) is 1.65. The molecule has 0 aliphatic rings. The molecule has 2 heterocycles. The van der Waals surface area contributed by atoms with Crippen molar-refractivity contribution in [2.24, 2.45) is 0 Å². The molecule has 2 rings (SSSR count). The zero-order valence-corrected chi connectivity index (χ0v) is 12.4. The van der Waals surface area contributed by atoms with Gasteiger partial charge in [0.05, 0.1) is 24.3 Å². The first-order chi connectivity index (χ1) is 9.52. The van der Waals surface area contributed by atoms with Crippen molar-refractivity contribution in [3.8, 4) is 0 Å². The highest BCUT2D eigenvalue weighted by molar-refractivity contribution is 5.79. The molecule has 0 aliphatic heterocycles. The fourth-order valence-corrected chi connectivity index (χ4v) is 2.25. The van der Waals surface area contributed by atoms with Gasteiger partial charge in [-0.05, 0) is 33.8 Å². The van der Waals surface area contributed by atoms with Gasteiger partial charge in [-0.3, -0.25) is 9.48 Å². The zero-order valence-electron chi connectivity index (χ0n) is 12.4. The van der Waals surface area contributed by atoms with E-state index in [1.807, 2.05) is 38.3 Å². The summed E-state index contributed by atoms with van der Waals surface area (Å²) in [5, 5.41) is 7.28.